The molecule has 4 nitrogen and oxygen atoms in total. The first-order valence-corrected chi connectivity index (χ1v) is 4.54. The van der Waals surface area contributed by atoms with E-state index in [1.165, 1.54) is 6.20 Å². The van der Waals surface area contributed by atoms with Gasteiger partial charge in [0.25, 0.3) is 0 Å². The fraction of sp³-hybridized carbons (Fsp3) is 0.400. The number of rotatable bonds is 1. The van der Waals surface area contributed by atoms with Gasteiger partial charge in [-0.15, -0.1) is 0 Å². The highest BCUT2D eigenvalue weighted by atomic mass is 16.4. The minimum atomic E-state index is -0.896. The number of carboxylic acid groups (broad SMARTS) is 1. The van der Waals surface area contributed by atoms with Crippen LogP contribution >= 0.6 is 0 Å². The summed E-state index contributed by atoms with van der Waals surface area (Å²) >= 11 is 0. The Balaban J connectivity index is 2.58. The second kappa shape index (κ2) is 2.97. The Labute approximate surface area is 82.2 Å². The van der Waals surface area contributed by atoms with Crippen LogP contribution in [0, 0.1) is 6.92 Å². The number of aromatic nitrogens is 1. The predicted molar refractivity (Wildman–Crippen MR) is 52.9 cm³/mol. The van der Waals surface area contributed by atoms with Gasteiger partial charge in [-0.2, -0.15) is 0 Å². The van der Waals surface area contributed by atoms with Crippen molar-refractivity contribution in [1.82, 2.24) is 4.98 Å². The van der Waals surface area contributed by atoms with Gasteiger partial charge in [0.15, 0.2) is 0 Å². The quantitative estimate of drug-likeness (QED) is 0.723. The van der Waals surface area contributed by atoms with Gasteiger partial charge in [-0.3, -0.25) is 0 Å². The standard InChI is InChI=1S/C10H12N2O2/c1-6-7-3-4-12(2)9(7)11-5-8(6)10(13)14/h5H,3-4H2,1-2H3,(H,13,14). The summed E-state index contributed by atoms with van der Waals surface area (Å²) < 4.78 is 0. The average molecular weight is 192 g/mol. The molecule has 1 aliphatic heterocycles. The summed E-state index contributed by atoms with van der Waals surface area (Å²) in [5.74, 6) is 0.0276. The Morgan fingerprint density at radius 1 is 1.64 bits per heavy atom. The number of carbonyl (C=O) groups is 1. The maximum absolute atomic E-state index is 10.8. The zero-order valence-electron chi connectivity index (χ0n) is 8.24. The van der Waals surface area contributed by atoms with E-state index in [9.17, 15) is 4.79 Å². The molecule has 74 valence electrons. The van der Waals surface area contributed by atoms with Crippen molar-refractivity contribution < 1.29 is 9.90 Å². The number of nitrogens with zero attached hydrogens (tertiary/aromatic N) is 2. The van der Waals surface area contributed by atoms with Crippen LogP contribution in [0.2, 0.25) is 0 Å². The second-order valence-corrected chi connectivity index (χ2v) is 3.58. The Kier molecular flexibility index (Phi) is 1.91. The molecule has 0 aromatic carbocycles. The fourth-order valence-electron chi connectivity index (χ4n) is 1.86. The summed E-state index contributed by atoms with van der Waals surface area (Å²) in [6.45, 7) is 2.77. The molecule has 0 atom stereocenters. The van der Waals surface area contributed by atoms with E-state index < -0.39 is 5.97 Å². The van der Waals surface area contributed by atoms with Crippen LogP contribution in [0.1, 0.15) is 21.5 Å². The summed E-state index contributed by atoms with van der Waals surface area (Å²) in [4.78, 5) is 17.1. The summed E-state index contributed by atoms with van der Waals surface area (Å²) in [5.41, 5.74) is 2.25. The van der Waals surface area contributed by atoms with Crippen molar-refractivity contribution in [3.8, 4) is 0 Å². The van der Waals surface area contributed by atoms with Crippen LogP contribution in [-0.4, -0.2) is 29.7 Å². The summed E-state index contributed by atoms with van der Waals surface area (Å²) in [7, 11) is 1.97. The molecule has 0 aliphatic carbocycles. The van der Waals surface area contributed by atoms with Crippen molar-refractivity contribution in [2.24, 2.45) is 0 Å². The Hall–Kier alpha value is -1.58. The maximum Gasteiger partial charge on any atom is 0.337 e. The van der Waals surface area contributed by atoms with Crippen LogP contribution in [0.15, 0.2) is 6.20 Å². The fourth-order valence-corrected chi connectivity index (χ4v) is 1.86. The highest BCUT2D eigenvalue weighted by molar-refractivity contribution is 5.90. The van der Waals surface area contributed by atoms with Crippen LogP contribution in [0.3, 0.4) is 0 Å². The van der Waals surface area contributed by atoms with E-state index >= 15 is 0 Å². The molecular formula is C10H12N2O2. The molecule has 0 unspecified atom stereocenters. The van der Waals surface area contributed by atoms with Gasteiger partial charge >= 0.3 is 5.97 Å². The normalized spacial score (nSPS) is 14.3. The second-order valence-electron chi connectivity index (χ2n) is 3.58. The number of fused-ring (bicyclic) bond motifs is 1. The van der Waals surface area contributed by atoms with Crippen molar-refractivity contribution in [3.05, 3.63) is 22.9 Å². The molecule has 1 N–H and O–H groups in total. The largest absolute Gasteiger partial charge is 0.478 e. The van der Waals surface area contributed by atoms with E-state index in [1.54, 1.807) is 0 Å². The van der Waals surface area contributed by atoms with Crippen LogP contribution in [0.25, 0.3) is 0 Å². The highest BCUT2D eigenvalue weighted by Gasteiger charge is 2.22. The number of aromatic carboxylic acids is 1. The van der Waals surface area contributed by atoms with Crippen molar-refractivity contribution in [2.75, 3.05) is 18.5 Å². The van der Waals surface area contributed by atoms with Gasteiger partial charge in [0, 0.05) is 25.4 Å². The van der Waals surface area contributed by atoms with Crippen molar-refractivity contribution in [3.63, 3.8) is 0 Å². The molecule has 0 saturated carbocycles. The minimum Gasteiger partial charge on any atom is -0.478 e. The lowest BCUT2D eigenvalue weighted by Gasteiger charge is -2.11. The Morgan fingerprint density at radius 3 is 3.00 bits per heavy atom. The molecule has 1 aromatic heterocycles. The lowest BCUT2D eigenvalue weighted by atomic mass is 10.0. The topological polar surface area (TPSA) is 53.4 Å². The Bertz CT molecular complexity index is 401. The third-order valence-electron chi connectivity index (χ3n) is 2.73. The number of pyridine rings is 1. The number of hydrogen-bond acceptors (Lipinski definition) is 3. The summed E-state index contributed by atoms with van der Waals surface area (Å²) in [5, 5.41) is 8.91. The highest BCUT2D eigenvalue weighted by Crippen LogP contribution is 2.28. The molecule has 0 radical (unpaired) electrons. The van der Waals surface area contributed by atoms with Crippen molar-refractivity contribution >= 4 is 11.8 Å². The number of carboxylic acids is 1. The van der Waals surface area contributed by atoms with E-state index in [0.29, 0.717) is 5.56 Å². The summed E-state index contributed by atoms with van der Waals surface area (Å²) in [6, 6.07) is 0. The molecule has 1 aromatic rings. The van der Waals surface area contributed by atoms with E-state index in [-0.39, 0.29) is 0 Å². The van der Waals surface area contributed by atoms with Gasteiger partial charge in [-0.05, 0) is 18.9 Å². The Morgan fingerprint density at radius 2 is 2.36 bits per heavy atom. The first kappa shape index (κ1) is 8.99. The lowest BCUT2D eigenvalue weighted by molar-refractivity contribution is 0.0695. The van der Waals surface area contributed by atoms with Gasteiger partial charge in [0.05, 0.1) is 5.56 Å². The summed E-state index contributed by atoms with van der Waals surface area (Å²) in [6.07, 6.45) is 2.34. The smallest absolute Gasteiger partial charge is 0.337 e. The molecule has 0 bridgehead atoms. The van der Waals surface area contributed by atoms with E-state index in [0.717, 1.165) is 29.9 Å². The molecule has 0 saturated heterocycles. The molecule has 0 spiro atoms. The third kappa shape index (κ3) is 1.14. The van der Waals surface area contributed by atoms with E-state index in [2.05, 4.69) is 4.98 Å². The van der Waals surface area contributed by atoms with E-state index in [1.807, 2.05) is 18.9 Å². The molecule has 1 aliphatic rings. The van der Waals surface area contributed by atoms with Crippen LogP contribution in [-0.2, 0) is 6.42 Å². The molecular weight excluding hydrogens is 180 g/mol. The third-order valence-corrected chi connectivity index (χ3v) is 2.73. The van der Waals surface area contributed by atoms with Gasteiger partial charge in [0.2, 0.25) is 0 Å². The number of hydrogen-bond donors (Lipinski definition) is 1. The molecule has 0 fully saturated rings. The van der Waals surface area contributed by atoms with Crippen molar-refractivity contribution in [2.45, 2.75) is 13.3 Å². The number of likely N-dealkylation sites (N-methyl/N-ethyl adjacent to an activating group) is 1. The van der Waals surface area contributed by atoms with Crippen LogP contribution in [0.5, 0.6) is 0 Å². The first-order valence-electron chi connectivity index (χ1n) is 4.54. The van der Waals surface area contributed by atoms with Gasteiger partial charge in [0.1, 0.15) is 5.82 Å². The first-order chi connectivity index (χ1) is 6.61. The van der Waals surface area contributed by atoms with Crippen molar-refractivity contribution in [1.29, 1.82) is 0 Å². The average Bonchev–Trinajstić information content (AvgIpc) is 2.49. The lowest BCUT2D eigenvalue weighted by Crippen LogP contribution is -2.14. The molecule has 14 heavy (non-hydrogen) atoms. The molecule has 0 amide bonds. The number of anilines is 1. The van der Waals surface area contributed by atoms with Gasteiger partial charge in [-0.25, -0.2) is 9.78 Å². The van der Waals surface area contributed by atoms with Gasteiger partial charge < -0.3 is 10.0 Å². The molecule has 2 rings (SSSR count). The predicted octanol–water partition coefficient (Wildman–Crippen LogP) is 1.08. The van der Waals surface area contributed by atoms with E-state index in [4.69, 9.17) is 5.11 Å². The van der Waals surface area contributed by atoms with Crippen LogP contribution < -0.4 is 4.90 Å². The molecule has 2 heterocycles. The SMILES string of the molecule is Cc1c(C(=O)O)cnc2c1CCN2C. The zero-order valence-corrected chi connectivity index (χ0v) is 8.24. The van der Waals surface area contributed by atoms with Gasteiger partial charge in [-0.1, -0.05) is 0 Å². The monoisotopic (exact) mass is 192 g/mol. The molecule has 4 heteroatoms. The maximum atomic E-state index is 10.8. The minimum absolute atomic E-state index is 0.319. The van der Waals surface area contributed by atoms with Crippen LogP contribution in [0.4, 0.5) is 5.82 Å². The zero-order chi connectivity index (χ0) is 10.3.